The second-order valence-corrected chi connectivity index (χ2v) is 11.0. The average molecular weight is 334 g/mol. The molecule has 2 nitrogen and oxygen atoms in total. The zero-order chi connectivity index (χ0) is 10.7. The van der Waals surface area contributed by atoms with Gasteiger partial charge < -0.3 is 0 Å². The van der Waals surface area contributed by atoms with E-state index in [0.29, 0.717) is 6.17 Å². The van der Waals surface area contributed by atoms with E-state index in [4.69, 9.17) is 0 Å². The monoisotopic (exact) mass is 336 g/mol. The second kappa shape index (κ2) is 5.49. The molecule has 1 aliphatic rings. The van der Waals surface area contributed by atoms with Crippen molar-refractivity contribution < 1.29 is 0 Å². The summed E-state index contributed by atoms with van der Waals surface area (Å²) in [6.45, 7) is 0. The van der Waals surface area contributed by atoms with Gasteiger partial charge in [-0.2, -0.15) is 0 Å². The molecule has 1 aliphatic heterocycles. The topological polar surface area (TPSA) is 6.48 Å². The summed E-state index contributed by atoms with van der Waals surface area (Å²) in [6.07, 6.45) is 0.484. The van der Waals surface area contributed by atoms with E-state index in [1.165, 1.54) is 16.4 Å². The van der Waals surface area contributed by atoms with Crippen LogP contribution in [0.25, 0.3) is 0 Å². The minimum absolute atomic E-state index is 0.484. The zero-order valence-corrected chi connectivity index (χ0v) is 12.5. The fraction of sp³-hybridized carbons (Fsp3) is 0.455. The maximum absolute atomic E-state index is 2.62. The molecule has 0 aliphatic carbocycles. The summed E-state index contributed by atoms with van der Waals surface area (Å²) in [6, 6.07) is 10.8. The Labute approximate surface area is 103 Å². The molecule has 0 N–H and O–H groups in total. The van der Waals surface area contributed by atoms with E-state index in [2.05, 4.69) is 54.2 Å². The van der Waals surface area contributed by atoms with Gasteiger partial charge in [0.1, 0.15) is 0 Å². The van der Waals surface area contributed by atoms with Gasteiger partial charge in [-0.15, -0.1) is 0 Å². The van der Waals surface area contributed by atoms with Crippen LogP contribution in [-0.2, 0) is 0 Å². The summed E-state index contributed by atoms with van der Waals surface area (Å²) in [5.74, 6) is 0. The molecule has 0 amide bonds. The SMILES string of the molecule is CN(C)C(c1ccccc1)N1C[Se][Se]C1. The molecular formula is C11H16N2Se2. The zero-order valence-electron chi connectivity index (χ0n) is 9.09. The van der Waals surface area contributed by atoms with Crippen LogP contribution in [0.2, 0.25) is 0 Å². The molecule has 0 spiro atoms. The number of rotatable bonds is 3. The van der Waals surface area contributed by atoms with Crippen LogP contribution >= 0.6 is 0 Å². The molecule has 1 unspecified atom stereocenters. The Hall–Kier alpha value is 0.179. The van der Waals surface area contributed by atoms with Crippen LogP contribution in [-0.4, -0.2) is 61.0 Å². The Bertz CT molecular complexity index is 297. The van der Waals surface area contributed by atoms with Crippen molar-refractivity contribution in [3.63, 3.8) is 0 Å². The number of nitrogens with zero attached hydrogens (tertiary/aromatic N) is 2. The van der Waals surface area contributed by atoms with Crippen LogP contribution in [0.15, 0.2) is 30.3 Å². The first-order valence-electron chi connectivity index (χ1n) is 4.99. The summed E-state index contributed by atoms with van der Waals surface area (Å²) in [4.78, 5) is 4.95. The fourth-order valence-electron chi connectivity index (χ4n) is 1.85. The molecule has 1 aromatic carbocycles. The minimum atomic E-state index is 0.484. The molecule has 82 valence electrons. The van der Waals surface area contributed by atoms with Crippen LogP contribution in [0.5, 0.6) is 0 Å². The molecule has 1 heterocycles. The predicted molar refractivity (Wildman–Crippen MR) is 66.0 cm³/mol. The van der Waals surface area contributed by atoms with E-state index in [9.17, 15) is 0 Å². The Morgan fingerprint density at radius 3 is 2.27 bits per heavy atom. The summed E-state index contributed by atoms with van der Waals surface area (Å²) in [5.41, 5.74) is 4.08. The van der Waals surface area contributed by atoms with Crippen molar-refractivity contribution in [2.24, 2.45) is 0 Å². The molecule has 0 radical (unpaired) electrons. The molecule has 1 aromatic rings. The summed E-state index contributed by atoms with van der Waals surface area (Å²) >= 11 is 1.80. The van der Waals surface area contributed by atoms with Crippen molar-refractivity contribution >= 4 is 26.3 Å². The number of hydrogen-bond donors (Lipinski definition) is 0. The van der Waals surface area contributed by atoms with Gasteiger partial charge in [-0.1, -0.05) is 0 Å². The quantitative estimate of drug-likeness (QED) is 0.755. The fourth-order valence-corrected chi connectivity index (χ4v) is 8.87. The van der Waals surface area contributed by atoms with Gasteiger partial charge in [0.05, 0.1) is 0 Å². The molecule has 15 heavy (non-hydrogen) atoms. The Morgan fingerprint density at radius 1 is 1.13 bits per heavy atom. The third-order valence-corrected chi connectivity index (χ3v) is 8.75. The first kappa shape index (κ1) is 11.7. The molecule has 2 rings (SSSR count). The third-order valence-electron chi connectivity index (χ3n) is 2.45. The first-order valence-corrected chi connectivity index (χ1v) is 11.7. The van der Waals surface area contributed by atoms with Crippen molar-refractivity contribution in [2.45, 2.75) is 6.17 Å². The molecule has 0 bridgehead atoms. The third kappa shape index (κ3) is 2.85. The Morgan fingerprint density at radius 2 is 1.73 bits per heavy atom. The van der Waals surface area contributed by atoms with E-state index in [1.54, 1.807) is 0 Å². The predicted octanol–water partition coefficient (Wildman–Crippen LogP) is 0.801. The van der Waals surface area contributed by atoms with Crippen LogP contribution in [0.4, 0.5) is 0 Å². The van der Waals surface area contributed by atoms with Crippen molar-refractivity contribution in [1.29, 1.82) is 0 Å². The Kier molecular flexibility index (Phi) is 4.27. The first-order chi connectivity index (χ1) is 7.29. The van der Waals surface area contributed by atoms with Gasteiger partial charge >= 0.3 is 103 Å². The van der Waals surface area contributed by atoms with Gasteiger partial charge in [0.15, 0.2) is 0 Å². The molecule has 4 heteroatoms. The molecule has 0 aromatic heterocycles. The Balaban J connectivity index is 2.19. The van der Waals surface area contributed by atoms with Gasteiger partial charge in [-0.05, 0) is 0 Å². The van der Waals surface area contributed by atoms with E-state index >= 15 is 0 Å². The standard InChI is InChI=1S/C11H16N2Se2/c1-12(2)11(13-8-14-15-9-13)10-6-4-3-5-7-10/h3-7,11H,8-9H2,1-2H3. The normalized spacial score (nSPS) is 19.7. The number of hydrogen-bond acceptors (Lipinski definition) is 2. The molecule has 1 fully saturated rings. The summed E-state index contributed by atoms with van der Waals surface area (Å²) < 4.78 is 0. The summed E-state index contributed by atoms with van der Waals surface area (Å²) in [5, 5.41) is 0. The van der Waals surface area contributed by atoms with Gasteiger partial charge in [0.25, 0.3) is 0 Å². The van der Waals surface area contributed by atoms with Crippen molar-refractivity contribution in [2.75, 3.05) is 25.0 Å². The van der Waals surface area contributed by atoms with E-state index in [-0.39, 0.29) is 0 Å². The van der Waals surface area contributed by atoms with Crippen LogP contribution in [0.1, 0.15) is 11.7 Å². The van der Waals surface area contributed by atoms with Crippen molar-refractivity contribution in [3.8, 4) is 0 Å². The van der Waals surface area contributed by atoms with E-state index < -0.39 is 0 Å². The van der Waals surface area contributed by atoms with Crippen molar-refractivity contribution in [3.05, 3.63) is 35.9 Å². The summed E-state index contributed by atoms with van der Waals surface area (Å²) in [7, 11) is 4.35. The second-order valence-electron chi connectivity index (χ2n) is 3.83. The van der Waals surface area contributed by atoms with Crippen LogP contribution < -0.4 is 0 Å². The number of benzene rings is 1. The van der Waals surface area contributed by atoms with Crippen LogP contribution in [0.3, 0.4) is 0 Å². The van der Waals surface area contributed by atoms with E-state index in [0.717, 1.165) is 26.3 Å². The molecule has 0 saturated carbocycles. The van der Waals surface area contributed by atoms with Gasteiger partial charge in [0.2, 0.25) is 0 Å². The molecule has 1 saturated heterocycles. The van der Waals surface area contributed by atoms with E-state index in [1.807, 2.05) is 0 Å². The molecular weight excluding hydrogens is 318 g/mol. The van der Waals surface area contributed by atoms with Crippen LogP contribution in [0, 0.1) is 0 Å². The maximum atomic E-state index is 2.62. The van der Waals surface area contributed by atoms with Gasteiger partial charge in [-0.3, -0.25) is 0 Å². The van der Waals surface area contributed by atoms with Gasteiger partial charge in [-0.25, -0.2) is 0 Å². The molecule has 1 atom stereocenters. The average Bonchev–Trinajstić information content (AvgIpc) is 2.72. The van der Waals surface area contributed by atoms with Crippen molar-refractivity contribution in [1.82, 2.24) is 9.80 Å². The van der Waals surface area contributed by atoms with Gasteiger partial charge in [0, 0.05) is 0 Å².